The molecule has 0 spiro atoms. The van der Waals surface area contributed by atoms with Gasteiger partial charge in [-0.2, -0.15) is 0 Å². The van der Waals surface area contributed by atoms with Gasteiger partial charge in [-0.25, -0.2) is 14.0 Å². The molecule has 8 heteroatoms. The number of benzene rings is 2. The lowest BCUT2D eigenvalue weighted by Gasteiger charge is -2.29. The fraction of sp³-hybridized carbons (Fsp3) is 0.200. The highest BCUT2D eigenvalue weighted by Gasteiger charge is 2.33. The van der Waals surface area contributed by atoms with E-state index in [-0.39, 0.29) is 29.5 Å². The zero-order valence-corrected chi connectivity index (χ0v) is 15.8. The van der Waals surface area contributed by atoms with E-state index in [9.17, 15) is 14.0 Å². The van der Waals surface area contributed by atoms with Gasteiger partial charge in [0.25, 0.3) is 0 Å². The molecule has 1 aliphatic heterocycles. The van der Waals surface area contributed by atoms with Crippen LogP contribution in [0.25, 0.3) is 0 Å². The summed E-state index contributed by atoms with van der Waals surface area (Å²) in [7, 11) is 0. The zero-order valence-electron chi connectivity index (χ0n) is 15.0. The Morgan fingerprint density at radius 3 is 2.64 bits per heavy atom. The molecule has 3 rings (SSSR count). The molecule has 146 valence electrons. The second kappa shape index (κ2) is 8.75. The van der Waals surface area contributed by atoms with Gasteiger partial charge < -0.3 is 20.1 Å². The van der Waals surface area contributed by atoms with Crippen LogP contribution in [0.3, 0.4) is 0 Å². The van der Waals surface area contributed by atoms with Crippen molar-refractivity contribution in [2.75, 3.05) is 13.2 Å². The molecule has 6 nitrogen and oxygen atoms in total. The first-order valence-corrected chi connectivity index (χ1v) is 8.98. The van der Waals surface area contributed by atoms with Crippen molar-refractivity contribution in [1.82, 2.24) is 10.6 Å². The summed E-state index contributed by atoms with van der Waals surface area (Å²) in [4.78, 5) is 24.8. The summed E-state index contributed by atoms with van der Waals surface area (Å²) in [6, 6.07) is 11.8. The molecule has 0 saturated carbocycles. The van der Waals surface area contributed by atoms with Crippen molar-refractivity contribution in [3.05, 3.63) is 76.2 Å². The summed E-state index contributed by atoms with van der Waals surface area (Å²) in [6.45, 7) is 1.74. The van der Waals surface area contributed by atoms with Gasteiger partial charge in [-0.3, -0.25) is 0 Å². The van der Waals surface area contributed by atoms with Gasteiger partial charge in [0.2, 0.25) is 0 Å². The SMILES string of the molecule is CCOC(=O)C1=C(COc2ccc(F)c(Cl)c2)NC(=O)N[C@H]1c1ccccc1. The molecule has 1 aliphatic rings. The average molecular weight is 405 g/mol. The molecular weight excluding hydrogens is 387 g/mol. The number of urea groups is 1. The fourth-order valence-electron chi connectivity index (χ4n) is 2.80. The Morgan fingerprint density at radius 1 is 1.21 bits per heavy atom. The molecule has 0 bridgehead atoms. The van der Waals surface area contributed by atoms with Crippen LogP contribution in [0.5, 0.6) is 5.75 Å². The van der Waals surface area contributed by atoms with Gasteiger partial charge in [0.1, 0.15) is 18.2 Å². The minimum atomic E-state index is -0.690. The van der Waals surface area contributed by atoms with E-state index in [0.29, 0.717) is 5.75 Å². The number of halogens is 2. The maximum Gasteiger partial charge on any atom is 0.338 e. The van der Waals surface area contributed by atoms with E-state index >= 15 is 0 Å². The number of ether oxygens (including phenoxy) is 2. The zero-order chi connectivity index (χ0) is 20.1. The van der Waals surface area contributed by atoms with Crippen LogP contribution in [0.2, 0.25) is 5.02 Å². The number of nitrogens with one attached hydrogen (secondary N) is 2. The third-order valence-electron chi connectivity index (χ3n) is 4.06. The highest BCUT2D eigenvalue weighted by Crippen LogP contribution is 2.28. The van der Waals surface area contributed by atoms with Gasteiger partial charge >= 0.3 is 12.0 Å². The van der Waals surface area contributed by atoms with Crippen molar-refractivity contribution in [3.8, 4) is 5.75 Å². The maximum atomic E-state index is 13.3. The Hall–Kier alpha value is -3.06. The molecule has 2 aromatic rings. The lowest BCUT2D eigenvalue weighted by molar-refractivity contribution is -0.139. The number of hydrogen-bond donors (Lipinski definition) is 2. The maximum absolute atomic E-state index is 13.3. The lowest BCUT2D eigenvalue weighted by Crippen LogP contribution is -2.47. The van der Waals surface area contributed by atoms with Gasteiger partial charge in [-0.05, 0) is 24.6 Å². The second-order valence-electron chi connectivity index (χ2n) is 5.92. The number of amides is 2. The Labute approximate surface area is 166 Å². The third kappa shape index (κ3) is 4.43. The summed E-state index contributed by atoms with van der Waals surface area (Å²) in [5.74, 6) is -0.842. The molecule has 0 radical (unpaired) electrons. The smallest absolute Gasteiger partial charge is 0.338 e. The molecule has 2 N–H and O–H groups in total. The summed E-state index contributed by atoms with van der Waals surface area (Å²) in [5, 5.41) is 5.24. The van der Waals surface area contributed by atoms with Crippen molar-refractivity contribution >= 4 is 23.6 Å². The number of esters is 1. The van der Waals surface area contributed by atoms with E-state index in [0.717, 1.165) is 5.56 Å². The van der Waals surface area contributed by atoms with Crippen molar-refractivity contribution in [3.63, 3.8) is 0 Å². The number of carbonyl (C=O) groups excluding carboxylic acids is 2. The standard InChI is InChI=1S/C20H18ClFN2O4/c1-2-27-19(25)17-16(11-28-13-8-9-15(22)14(21)10-13)23-20(26)24-18(17)12-6-4-3-5-7-12/h3-10,18H,2,11H2,1H3,(H2,23,24,26)/t18-/m0/s1. The van der Waals surface area contributed by atoms with Crippen molar-refractivity contribution < 1.29 is 23.5 Å². The average Bonchev–Trinajstić information content (AvgIpc) is 2.69. The quantitative estimate of drug-likeness (QED) is 0.719. The first-order chi connectivity index (χ1) is 13.5. The number of hydrogen-bond acceptors (Lipinski definition) is 4. The van der Waals surface area contributed by atoms with E-state index in [2.05, 4.69) is 10.6 Å². The second-order valence-corrected chi connectivity index (χ2v) is 6.33. The summed E-state index contributed by atoms with van der Waals surface area (Å²) in [5.41, 5.74) is 1.22. The van der Waals surface area contributed by atoms with Crippen LogP contribution in [0, 0.1) is 5.82 Å². The van der Waals surface area contributed by atoms with E-state index in [1.807, 2.05) is 18.2 Å². The molecular formula is C20H18ClFN2O4. The first kappa shape index (κ1) is 19.7. The lowest BCUT2D eigenvalue weighted by atomic mass is 9.95. The predicted molar refractivity (Wildman–Crippen MR) is 101 cm³/mol. The molecule has 2 aromatic carbocycles. The van der Waals surface area contributed by atoms with Crippen molar-refractivity contribution in [2.45, 2.75) is 13.0 Å². The van der Waals surface area contributed by atoms with Gasteiger partial charge in [0.15, 0.2) is 0 Å². The van der Waals surface area contributed by atoms with E-state index in [4.69, 9.17) is 21.1 Å². The number of carbonyl (C=O) groups is 2. The largest absolute Gasteiger partial charge is 0.487 e. The Balaban J connectivity index is 1.94. The monoisotopic (exact) mass is 404 g/mol. The Morgan fingerprint density at radius 2 is 1.96 bits per heavy atom. The molecule has 1 heterocycles. The molecule has 0 aliphatic carbocycles. The molecule has 1 atom stereocenters. The summed E-state index contributed by atoms with van der Waals surface area (Å²) >= 11 is 5.76. The molecule has 0 aromatic heterocycles. The molecule has 28 heavy (non-hydrogen) atoms. The van der Waals surface area contributed by atoms with Crippen LogP contribution in [0.1, 0.15) is 18.5 Å². The Kier molecular flexibility index (Phi) is 6.16. The van der Waals surface area contributed by atoms with Crippen molar-refractivity contribution in [2.24, 2.45) is 0 Å². The highest BCUT2D eigenvalue weighted by atomic mass is 35.5. The Bertz CT molecular complexity index is 918. The third-order valence-corrected chi connectivity index (χ3v) is 4.35. The molecule has 0 unspecified atom stereocenters. The van der Waals surface area contributed by atoms with Crippen LogP contribution < -0.4 is 15.4 Å². The van der Waals surface area contributed by atoms with Gasteiger partial charge in [-0.15, -0.1) is 0 Å². The van der Waals surface area contributed by atoms with E-state index in [1.165, 1.54) is 18.2 Å². The van der Waals surface area contributed by atoms with Crippen LogP contribution in [-0.2, 0) is 9.53 Å². The predicted octanol–water partition coefficient (Wildman–Crippen LogP) is 3.73. The van der Waals surface area contributed by atoms with Crippen molar-refractivity contribution in [1.29, 1.82) is 0 Å². The van der Waals surface area contributed by atoms with Crippen LogP contribution in [-0.4, -0.2) is 25.2 Å². The number of rotatable bonds is 6. The van der Waals surface area contributed by atoms with Gasteiger partial charge in [-0.1, -0.05) is 41.9 Å². The minimum absolute atomic E-state index is 0.0893. The fourth-order valence-corrected chi connectivity index (χ4v) is 2.97. The summed E-state index contributed by atoms with van der Waals surface area (Å²) in [6.07, 6.45) is 0. The molecule has 2 amide bonds. The van der Waals surface area contributed by atoms with Crippen LogP contribution in [0.4, 0.5) is 9.18 Å². The minimum Gasteiger partial charge on any atom is -0.487 e. The normalized spacial score (nSPS) is 16.2. The van der Waals surface area contributed by atoms with E-state index in [1.54, 1.807) is 19.1 Å². The topological polar surface area (TPSA) is 76.7 Å². The van der Waals surface area contributed by atoms with Gasteiger partial charge in [0.05, 0.1) is 28.9 Å². The highest BCUT2D eigenvalue weighted by molar-refractivity contribution is 6.30. The summed E-state index contributed by atoms with van der Waals surface area (Å²) < 4.78 is 24.1. The molecule has 0 fully saturated rings. The van der Waals surface area contributed by atoms with E-state index < -0.39 is 23.9 Å². The van der Waals surface area contributed by atoms with Gasteiger partial charge in [0, 0.05) is 6.07 Å². The van der Waals surface area contributed by atoms with Crippen LogP contribution in [0.15, 0.2) is 59.8 Å². The van der Waals surface area contributed by atoms with Crippen LogP contribution >= 0.6 is 11.6 Å². The molecule has 0 saturated heterocycles. The first-order valence-electron chi connectivity index (χ1n) is 8.60.